The molecule has 3 unspecified atom stereocenters. The van der Waals surface area contributed by atoms with Crippen molar-refractivity contribution in [3.8, 4) is 0 Å². The van der Waals surface area contributed by atoms with Gasteiger partial charge in [-0.05, 0) is 43.0 Å². The van der Waals surface area contributed by atoms with E-state index in [0.717, 1.165) is 24.0 Å². The molecule has 6 heteroatoms. The Bertz CT molecular complexity index is 1110. The second-order valence-corrected chi connectivity index (χ2v) is 9.28. The van der Waals surface area contributed by atoms with E-state index in [-0.39, 0.29) is 24.0 Å². The van der Waals surface area contributed by atoms with Gasteiger partial charge < -0.3 is 9.84 Å². The predicted molar refractivity (Wildman–Crippen MR) is 133 cm³/mol. The Morgan fingerprint density at radius 1 is 0.829 bits per heavy atom. The maximum Gasteiger partial charge on any atom is 0.262 e. The highest BCUT2D eigenvalue weighted by atomic mass is 16.5. The number of imide groups is 1. The molecule has 3 aromatic carbocycles. The van der Waals surface area contributed by atoms with Crippen LogP contribution < -0.4 is 0 Å². The second-order valence-electron chi connectivity index (χ2n) is 9.28. The van der Waals surface area contributed by atoms with Crippen molar-refractivity contribution < 1.29 is 19.4 Å². The molecule has 0 aromatic heterocycles. The summed E-state index contributed by atoms with van der Waals surface area (Å²) in [6.07, 6.45) is -0.303. The highest BCUT2D eigenvalue weighted by Gasteiger charge is 2.45. The van der Waals surface area contributed by atoms with Gasteiger partial charge in [0.1, 0.15) is 12.3 Å². The standard InChI is InChI=1S/C29H30N2O4/c1-20(32)27(31-28(33)24-16-8-9-17-25(24)29(31)34)30-18-10-15-23(19-30)35-26(21-11-4-2-5-12-21)22-13-6-3-7-14-22/h2-9,11-14,16-17,20,23,26-27,32H,10,15,18-19H2,1H3. The van der Waals surface area contributed by atoms with E-state index in [4.69, 9.17) is 4.74 Å². The molecule has 1 fully saturated rings. The lowest BCUT2D eigenvalue weighted by Gasteiger charge is -2.43. The quantitative estimate of drug-likeness (QED) is 0.523. The Balaban J connectivity index is 1.38. The van der Waals surface area contributed by atoms with E-state index >= 15 is 0 Å². The first-order chi connectivity index (χ1) is 17.0. The molecule has 2 aliphatic heterocycles. The number of nitrogens with zero attached hydrogens (tertiary/aromatic N) is 2. The molecule has 3 atom stereocenters. The summed E-state index contributed by atoms with van der Waals surface area (Å²) in [6.45, 7) is 2.82. The minimum Gasteiger partial charge on any atom is -0.390 e. The summed E-state index contributed by atoms with van der Waals surface area (Å²) in [7, 11) is 0. The zero-order chi connectivity index (χ0) is 24.4. The third-order valence-corrected chi connectivity index (χ3v) is 6.84. The SMILES string of the molecule is CC(O)C(N1CCCC(OC(c2ccccc2)c2ccccc2)C1)N1C(=O)c2ccccc2C1=O. The molecule has 1 saturated heterocycles. The third kappa shape index (κ3) is 4.65. The second kappa shape index (κ2) is 10.1. The number of likely N-dealkylation sites (tertiary alicyclic amines) is 1. The summed E-state index contributed by atoms with van der Waals surface area (Å²) in [4.78, 5) is 29.6. The molecule has 0 bridgehead atoms. The van der Waals surface area contributed by atoms with Crippen LogP contribution in [0, 0.1) is 0 Å². The number of benzene rings is 3. The summed E-state index contributed by atoms with van der Waals surface area (Å²) in [6, 6.07) is 27.1. The van der Waals surface area contributed by atoms with E-state index in [1.165, 1.54) is 4.90 Å². The number of carbonyl (C=O) groups excluding carboxylic acids is 2. The topological polar surface area (TPSA) is 70.1 Å². The van der Waals surface area contributed by atoms with Crippen LogP contribution in [0.2, 0.25) is 0 Å². The fourth-order valence-corrected chi connectivity index (χ4v) is 5.25. The zero-order valence-corrected chi connectivity index (χ0v) is 19.8. The maximum absolute atomic E-state index is 13.2. The van der Waals surface area contributed by atoms with Crippen molar-refractivity contribution >= 4 is 11.8 Å². The highest BCUT2D eigenvalue weighted by Crippen LogP contribution is 2.32. The van der Waals surface area contributed by atoms with Gasteiger partial charge in [-0.2, -0.15) is 0 Å². The lowest BCUT2D eigenvalue weighted by atomic mass is 10.00. The first kappa shape index (κ1) is 23.4. The van der Waals surface area contributed by atoms with Gasteiger partial charge >= 0.3 is 0 Å². The summed E-state index contributed by atoms with van der Waals surface area (Å²) < 4.78 is 6.69. The Morgan fingerprint density at radius 3 is 1.86 bits per heavy atom. The van der Waals surface area contributed by atoms with Gasteiger partial charge in [-0.1, -0.05) is 72.8 Å². The van der Waals surface area contributed by atoms with Crippen LogP contribution in [0.15, 0.2) is 84.9 Å². The predicted octanol–water partition coefficient (Wildman–Crippen LogP) is 4.26. The van der Waals surface area contributed by atoms with Crippen molar-refractivity contribution in [2.75, 3.05) is 13.1 Å². The van der Waals surface area contributed by atoms with Gasteiger partial charge in [-0.3, -0.25) is 19.4 Å². The number of piperidine rings is 1. The molecule has 3 aromatic rings. The average molecular weight is 471 g/mol. The van der Waals surface area contributed by atoms with Crippen molar-refractivity contribution in [1.29, 1.82) is 0 Å². The van der Waals surface area contributed by atoms with Gasteiger partial charge in [0.25, 0.3) is 11.8 Å². The first-order valence-corrected chi connectivity index (χ1v) is 12.2. The summed E-state index contributed by atoms with van der Waals surface area (Å²) >= 11 is 0. The molecule has 180 valence electrons. The fourth-order valence-electron chi connectivity index (χ4n) is 5.25. The van der Waals surface area contributed by atoms with Crippen molar-refractivity contribution in [3.63, 3.8) is 0 Å². The van der Waals surface area contributed by atoms with Gasteiger partial charge in [-0.25, -0.2) is 0 Å². The lowest BCUT2D eigenvalue weighted by molar-refractivity contribution is -0.0789. The number of rotatable bonds is 7. The molecule has 5 rings (SSSR count). The van der Waals surface area contributed by atoms with Gasteiger partial charge in [0.05, 0.1) is 23.3 Å². The van der Waals surface area contributed by atoms with Crippen LogP contribution in [0.1, 0.15) is 57.7 Å². The molecular weight excluding hydrogens is 440 g/mol. The summed E-state index contributed by atoms with van der Waals surface area (Å²) in [5.74, 6) is -0.711. The summed E-state index contributed by atoms with van der Waals surface area (Å²) in [5.41, 5.74) is 2.92. The van der Waals surface area contributed by atoms with Crippen molar-refractivity contribution in [2.24, 2.45) is 0 Å². The van der Waals surface area contributed by atoms with Gasteiger partial charge in [0.15, 0.2) is 0 Å². The van der Waals surface area contributed by atoms with E-state index in [1.807, 2.05) is 41.3 Å². The molecule has 2 amide bonds. The molecule has 2 aliphatic rings. The van der Waals surface area contributed by atoms with Crippen LogP contribution in [-0.2, 0) is 4.74 Å². The molecule has 0 saturated carbocycles. The number of carbonyl (C=O) groups is 2. The monoisotopic (exact) mass is 470 g/mol. The Morgan fingerprint density at radius 2 is 1.34 bits per heavy atom. The lowest BCUT2D eigenvalue weighted by Crippen LogP contribution is -2.59. The van der Waals surface area contributed by atoms with E-state index in [9.17, 15) is 14.7 Å². The largest absolute Gasteiger partial charge is 0.390 e. The van der Waals surface area contributed by atoms with Crippen molar-refractivity contribution in [2.45, 2.75) is 44.2 Å². The van der Waals surface area contributed by atoms with E-state index in [1.54, 1.807) is 31.2 Å². The molecule has 1 N–H and O–H groups in total. The molecule has 6 nitrogen and oxygen atoms in total. The Kier molecular flexibility index (Phi) is 6.77. The van der Waals surface area contributed by atoms with Crippen molar-refractivity contribution in [3.05, 3.63) is 107 Å². The van der Waals surface area contributed by atoms with Gasteiger partial charge in [0, 0.05) is 13.1 Å². The van der Waals surface area contributed by atoms with Crippen molar-refractivity contribution in [1.82, 2.24) is 9.80 Å². The molecule has 2 heterocycles. The minimum absolute atomic E-state index is 0.120. The molecular formula is C29H30N2O4. The highest BCUT2D eigenvalue weighted by molar-refractivity contribution is 6.21. The number of hydrogen-bond acceptors (Lipinski definition) is 5. The molecule has 0 radical (unpaired) electrons. The van der Waals surface area contributed by atoms with E-state index in [0.29, 0.717) is 24.2 Å². The fraction of sp³-hybridized carbons (Fsp3) is 0.310. The zero-order valence-electron chi connectivity index (χ0n) is 19.8. The summed E-state index contributed by atoms with van der Waals surface area (Å²) in [5, 5.41) is 10.7. The van der Waals surface area contributed by atoms with E-state index in [2.05, 4.69) is 24.3 Å². The first-order valence-electron chi connectivity index (χ1n) is 12.2. The average Bonchev–Trinajstić information content (AvgIpc) is 3.14. The number of aliphatic hydroxyl groups is 1. The van der Waals surface area contributed by atoms with Crippen LogP contribution in [-0.4, -0.2) is 58.2 Å². The van der Waals surface area contributed by atoms with Crippen LogP contribution in [0.3, 0.4) is 0 Å². The molecule has 35 heavy (non-hydrogen) atoms. The van der Waals surface area contributed by atoms with Gasteiger partial charge in [-0.15, -0.1) is 0 Å². The number of fused-ring (bicyclic) bond motifs is 1. The number of hydrogen-bond donors (Lipinski definition) is 1. The van der Waals surface area contributed by atoms with Crippen LogP contribution in [0.4, 0.5) is 0 Å². The van der Waals surface area contributed by atoms with E-state index < -0.39 is 12.3 Å². The smallest absolute Gasteiger partial charge is 0.262 e. The third-order valence-electron chi connectivity index (χ3n) is 6.84. The number of amides is 2. The Hall–Kier alpha value is -3.32. The number of aliphatic hydroxyl groups excluding tert-OH is 1. The van der Waals surface area contributed by atoms with Crippen LogP contribution in [0.25, 0.3) is 0 Å². The van der Waals surface area contributed by atoms with Crippen LogP contribution >= 0.6 is 0 Å². The number of ether oxygens (including phenoxy) is 1. The maximum atomic E-state index is 13.2. The molecule has 0 spiro atoms. The Labute approximate surface area is 205 Å². The normalized spacial score (nSPS) is 20.2. The van der Waals surface area contributed by atoms with Crippen LogP contribution in [0.5, 0.6) is 0 Å². The van der Waals surface area contributed by atoms with Gasteiger partial charge in [0.2, 0.25) is 0 Å². The molecule has 0 aliphatic carbocycles. The minimum atomic E-state index is -0.907.